The summed E-state index contributed by atoms with van der Waals surface area (Å²) >= 11 is 3.40. The topological polar surface area (TPSA) is 43.4 Å². The molecule has 3 rings (SSSR count). The fraction of sp³-hybridized carbons (Fsp3) is 0.333. The van der Waals surface area contributed by atoms with Gasteiger partial charge in [-0.3, -0.25) is 9.59 Å². The van der Waals surface area contributed by atoms with E-state index < -0.39 is 22.9 Å². The summed E-state index contributed by atoms with van der Waals surface area (Å²) in [6.07, 6.45) is -0.227. The Hall–Kier alpha value is -1.94. The first-order valence-corrected chi connectivity index (χ1v) is 9.10. The van der Waals surface area contributed by atoms with E-state index in [2.05, 4.69) is 15.9 Å². The number of ether oxygens (including phenoxy) is 1. The summed E-state index contributed by atoms with van der Waals surface area (Å²) in [7, 11) is 0. The summed E-state index contributed by atoms with van der Waals surface area (Å²) in [4.78, 5) is 26.1. The molecule has 0 amide bonds. The van der Waals surface area contributed by atoms with Crippen molar-refractivity contribution >= 4 is 27.7 Å². The molecule has 2 aromatic carbocycles. The molecule has 1 saturated heterocycles. The first-order valence-electron chi connectivity index (χ1n) is 8.30. The van der Waals surface area contributed by atoms with E-state index in [0.717, 1.165) is 15.6 Å². The van der Waals surface area contributed by atoms with Gasteiger partial charge in [0.2, 0.25) is 0 Å². The molecular weight excluding hydrogens is 380 g/mol. The highest BCUT2D eigenvalue weighted by Crippen LogP contribution is 2.48. The summed E-state index contributed by atoms with van der Waals surface area (Å²) in [5.41, 5.74) is -0.188. The maximum atomic E-state index is 13.3. The van der Waals surface area contributed by atoms with Gasteiger partial charge in [0.05, 0.1) is 5.41 Å². The SMILES string of the molecule is CC1(Cc2ccc(Br)cc2)C(=O)OC(c2ccccc2)C(C)(C)C1=O. The van der Waals surface area contributed by atoms with Crippen LogP contribution in [-0.4, -0.2) is 11.8 Å². The van der Waals surface area contributed by atoms with Crippen LogP contribution in [0.4, 0.5) is 0 Å². The van der Waals surface area contributed by atoms with Crippen molar-refractivity contribution in [2.75, 3.05) is 0 Å². The van der Waals surface area contributed by atoms with E-state index in [-0.39, 0.29) is 5.78 Å². The monoisotopic (exact) mass is 400 g/mol. The second-order valence-corrected chi connectivity index (χ2v) is 8.30. The zero-order chi connectivity index (χ0) is 18.2. The van der Waals surface area contributed by atoms with Gasteiger partial charge in [0.15, 0.2) is 5.78 Å². The van der Waals surface area contributed by atoms with Crippen LogP contribution < -0.4 is 0 Å². The van der Waals surface area contributed by atoms with Crippen molar-refractivity contribution in [1.82, 2.24) is 0 Å². The van der Waals surface area contributed by atoms with Crippen molar-refractivity contribution in [3.63, 3.8) is 0 Å². The number of rotatable bonds is 3. The van der Waals surface area contributed by atoms with Gasteiger partial charge in [0.25, 0.3) is 0 Å². The molecule has 0 spiro atoms. The summed E-state index contributed by atoms with van der Waals surface area (Å²) in [6.45, 7) is 5.42. The van der Waals surface area contributed by atoms with Gasteiger partial charge in [0, 0.05) is 4.47 Å². The van der Waals surface area contributed by atoms with Crippen molar-refractivity contribution in [3.05, 3.63) is 70.2 Å². The van der Waals surface area contributed by atoms with Gasteiger partial charge in [-0.15, -0.1) is 0 Å². The van der Waals surface area contributed by atoms with Crippen LogP contribution in [0, 0.1) is 10.8 Å². The molecule has 2 unspecified atom stereocenters. The zero-order valence-electron chi connectivity index (χ0n) is 14.6. The Bertz CT molecular complexity index is 796. The number of hydrogen-bond acceptors (Lipinski definition) is 3. The fourth-order valence-electron chi connectivity index (χ4n) is 3.58. The first-order chi connectivity index (χ1) is 11.7. The van der Waals surface area contributed by atoms with Crippen LogP contribution in [0.2, 0.25) is 0 Å². The van der Waals surface area contributed by atoms with Gasteiger partial charge >= 0.3 is 5.97 Å². The van der Waals surface area contributed by atoms with Gasteiger partial charge in [-0.2, -0.15) is 0 Å². The van der Waals surface area contributed by atoms with Crippen LogP contribution in [0.1, 0.15) is 38.0 Å². The fourth-order valence-corrected chi connectivity index (χ4v) is 3.85. The molecule has 0 saturated carbocycles. The van der Waals surface area contributed by atoms with Gasteiger partial charge < -0.3 is 4.74 Å². The molecule has 25 heavy (non-hydrogen) atoms. The molecule has 1 aliphatic rings. The minimum atomic E-state index is -1.18. The molecule has 1 fully saturated rings. The average molecular weight is 401 g/mol. The molecule has 0 N–H and O–H groups in total. The molecule has 130 valence electrons. The molecule has 1 aliphatic heterocycles. The highest BCUT2D eigenvalue weighted by atomic mass is 79.9. The van der Waals surface area contributed by atoms with Crippen molar-refractivity contribution in [2.45, 2.75) is 33.3 Å². The standard InChI is InChI=1S/C21H21BrO3/c1-20(2)17(15-7-5-4-6-8-15)25-19(24)21(3,18(20)23)13-14-9-11-16(22)12-10-14/h4-12,17H,13H2,1-3H3. The Morgan fingerprint density at radius 3 is 2.16 bits per heavy atom. The van der Waals surface area contributed by atoms with E-state index in [0.29, 0.717) is 6.42 Å². The normalized spacial score (nSPS) is 25.5. The number of carbonyl (C=O) groups excluding carboxylic acids is 2. The Labute approximate surface area is 156 Å². The predicted molar refractivity (Wildman–Crippen MR) is 100 cm³/mol. The van der Waals surface area contributed by atoms with Gasteiger partial charge in [-0.25, -0.2) is 0 Å². The molecule has 2 atom stereocenters. The highest BCUT2D eigenvalue weighted by molar-refractivity contribution is 9.10. The molecule has 0 radical (unpaired) electrons. The molecule has 1 heterocycles. The predicted octanol–water partition coefficient (Wildman–Crippen LogP) is 4.89. The zero-order valence-corrected chi connectivity index (χ0v) is 16.2. The Kier molecular flexibility index (Phi) is 4.58. The second kappa shape index (κ2) is 6.41. The molecule has 3 nitrogen and oxygen atoms in total. The smallest absolute Gasteiger partial charge is 0.320 e. The third kappa shape index (κ3) is 3.15. The van der Waals surface area contributed by atoms with Crippen molar-refractivity contribution in [2.24, 2.45) is 10.8 Å². The average Bonchev–Trinajstić information content (AvgIpc) is 2.60. The summed E-state index contributed by atoms with van der Waals surface area (Å²) < 4.78 is 6.76. The van der Waals surface area contributed by atoms with Gasteiger partial charge in [-0.05, 0) is 50.5 Å². The van der Waals surface area contributed by atoms with Crippen LogP contribution in [0.5, 0.6) is 0 Å². The summed E-state index contributed by atoms with van der Waals surface area (Å²) in [5.74, 6) is -0.526. The molecular formula is C21H21BrO3. The van der Waals surface area contributed by atoms with Crippen molar-refractivity contribution in [1.29, 1.82) is 0 Å². The van der Waals surface area contributed by atoms with Crippen LogP contribution in [-0.2, 0) is 20.7 Å². The number of hydrogen-bond donors (Lipinski definition) is 0. The third-order valence-corrected chi connectivity index (χ3v) is 5.52. The van der Waals surface area contributed by atoms with Crippen molar-refractivity contribution in [3.8, 4) is 0 Å². The number of Topliss-reactive ketones (excluding diaryl/α,β-unsaturated/α-hetero) is 1. The molecule has 0 aromatic heterocycles. The number of ketones is 1. The maximum absolute atomic E-state index is 13.3. The highest BCUT2D eigenvalue weighted by Gasteiger charge is 2.57. The minimum Gasteiger partial charge on any atom is -0.456 e. The lowest BCUT2D eigenvalue weighted by Gasteiger charge is -2.44. The van der Waals surface area contributed by atoms with E-state index in [4.69, 9.17) is 4.74 Å². The first kappa shape index (κ1) is 17.9. The van der Waals surface area contributed by atoms with E-state index in [1.54, 1.807) is 6.92 Å². The van der Waals surface area contributed by atoms with Crippen LogP contribution in [0.25, 0.3) is 0 Å². The maximum Gasteiger partial charge on any atom is 0.320 e. The van der Waals surface area contributed by atoms with E-state index in [1.807, 2.05) is 68.4 Å². The lowest BCUT2D eigenvalue weighted by molar-refractivity contribution is -0.188. The second-order valence-electron chi connectivity index (χ2n) is 7.38. The largest absolute Gasteiger partial charge is 0.456 e. The minimum absolute atomic E-state index is 0.0759. The van der Waals surface area contributed by atoms with Crippen LogP contribution >= 0.6 is 15.9 Å². The number of cyclic esters (lactones) is 1. The number of carbonyl (C=O) groups is 2. The van der Waals surface area contributed by atoms with E-state index >= 15 is 0 Å². The Morgan fingerprint density at radius 2 is 1.56 bits per heavy atom. The number of halogens is 1. The van der Waals surface area contributed by atoms with Gasteiger partial charge in [0.1, 0.15) is 11.5 Å². The Morgan fingerprint density at radius 1 is 0.960 bits per heavy atom. The lowest BCUT2D eigenvalue weighted by atomic mass is 9.64. The molecule has 2 aromatic rings. The number of benzene rings is 2. The van der Waals surface area contributed by atoms with Crippen LogP contribution in [0.3, 0.4) is 0 Å². The van der Waals surface area contributed by atoms with Gasteiger partial charge in [-0.1, -0.05) is 58.4 Å². The van der Waals surface area contributed by atoms with Crippen molar-refractivity contribution < 1.29 is 14.3 Å². The summed E-state index contributed by atoms with van der Waals surface area (Å²) in [5, 5.41) is 0. The van der Waals surface area contributed by atoms with E-state index in [9.17, 15) is 9.59 Å². The summed E-state index contributed by atoms with van der Waals surface area (Å²) in [6, 6.07) is 17.1. The quantitative estimate of drug-likeness (QED) is 0.543. The molecule has 0 bridgehead atoms. The Balaban J connectivity index is 1.94. The lowest BCUT2D eigenvalue weighted by Crippen LogP contribution is -2.54. The van der Waals surface area contributed by atoms with Crippen LogP contribution in [0.15, 0.2) is 59.1 Å². The number of esters is 1. The molecule has 0 aliphatic carbocycles. The third-order valence-electron chi connectivity index (χ3n) is 4.99. The van der Waals surface area contributed by atoms with E-state index in [1.165, 1.54) is 0 Å². The molecule has 4 heteroatoms.